The van der Waals surface area contributed by atoms with Crippen molar-refractivity contribution in [3.63, 3.8) is 0 Å². The van der Waals surface area contributed by atoms with Crippen LogP contribution >= 0.6 is 11.8 Å². The van der Waals surface area contributed by atoms with Gasteiger partial charge in [0.15, 0.2) is 5.82 Å². The second kappa shape index (κ2) is 9.01. The predicted octanol–water partition coefficient (Wildman–Crippen LogP) is 4.31. The van der Waals surface area contributed by atoms with E-state index in [4.69, 9.17) is 0 Å². The minimum atomic E-state index is -0.215. The van der Waals surface area contributed by atoms with Gasteiger partial charge in [-0.1, -0.05) is 18.6 Å². The fourth-order valence-electron chi connectivity index (χ4n) is 5.22. The Kier molecular flexibility index (Phi) is 5.96. The van der Waals surface area contributed by atoms with Crippen molar-refractivity contribution in [1.29, 1.82) is 0 Å². The Labute approximate surface area is 187 Å². The van der Waals surface area contributed by atoms with Gasteiger partial charge in [-0.15, -0.1) is 0 Å². The van der Waals surface area contributed by atoms with Crippen molar-refractivity contribution in [3.8, 4) is 0 Å². The van der Waals surface area contributed by atoms with Crippen molar-refractivity contribution in [1.82, 2.24) is 9.88 Å². The Morgan fingerprint density at radius 1 is 1.10 bits per heavy atom. The molecule has 2 aromatic rings. The summed E-state index contributed by atoms with van der Waals surface area (Å²) in [4.78, 5) is 34.9. The Morgan fingerprint density at radius 3 is 2.90 bits per heavy atom. The molecule has 0 radical (unpaired) electrons. The van der Waals surface area contributed by atoms with Crippen LogP contribution in [0.1, 0.15) is 42.5 Å². The lowest BCUT2D eigenvalue weighted by Gasteiger charge is -2.44. The third-order valence-electron chi connectivity index (χ3n) is 6.67. The minimum Gasteiger partial charge on any atom is -0.319 e. The van der Waals surface area contributed by atoms with Crippen LogP contribution in [0.3, 0.4) is 0 Å². The van der Waals surface area contributed by atoms with Gasteiger partial charge in [0.05, 0.1) is 22.7 Å². The number of nitrogens with zero attached hydrogens (tertiary/aromatic N) is 3. The quantitative estimate of drug-likeness (QED) is 0.774. The Balaban J connectivity index is 1.33. The Bertz CT molecular complexity index is 980. The number of anilines is 3. The van der Waals surface area contributed by atoms with Crippen molar-refractivity contribution in [3.05, 3.63) is 48.2 Å². The van der Waals surface area contributed by atoms with Gasteiger partial charge >= 0.3 is 0 Å². The maximum absolute atomic E-state index is 13.4. The van der Waals surface area contributed by atoms with Gasteiger partial charge < -0.3 is 10.2 Å². The van der Waals surface area contributed by atoms with Crippen molar-refractivity contribution in [2.45, 2.75) is 38.1 Å². The lowest BCUT2D eigenvalue weighted by molar-refractivity contribution is -0.115. The van der Waals surface area contributed by atoms with E-state index in [2.05, 4.69) is 15.2 Å². The molecule has 162 valence electrons. The van der Waals surface area contributed by atoms with E-state index < -0.39 is 0 Å². The molecule has 31 heavy (non-hydrogen) atoms. The summed E-state index contributed by atoms with van der Waals surface area (Å²) in [6.45, 7) is 2.47. The van der Waals surface area contributed by atoms with Crippen LogP contribution in [0.4, 0.5) is 17.2 Å². The molecule has 2 fully saturated rings. The van der Waals surface area contributed by atoms with Gasteiger partial charge in [0.2, 0.25) is 5.91 Å². The topological polar surface area (TPSA) is 65.5 Å². The van der Waals surface area contributed by atoms with Gasteiger partial charge in [-0.25, -0.2) is 4.98 Å². The first-order valence-electron chi connectivity index (χ1n) is 11.2. The number of amides is 2. The molecule has 0 unspecified atom stereocenters. The zero-order chi connectivity index (χ0) is 21.2. The number of carbonyl (C=O) groups is 2. The second-order valence-corrected chi connectivity index (χ2v) is 9.62. The number of fused-ring (bicyclic) bond motifs is 3. The fourth-order valence-corrected chi connectivity index (χ4v) is 6.34. The summed E-state index contributed by atoms with van der Waals surface area (Å²) in [6.07, 6.45) is 8.13. The van der Waals surface area contributed by atoms with E-state index in [1.165, 1.54) is 45.2 Å². The molecule has 2 saturated heterocycles. The van der Waals surface area contributed by atoms with E-state index in [1.54, 1.807) is 41.1 Å². The molecule has 1 aromatic heterocycles. The number of aromatic nitrogens is 1. The van der Waals surface area contributed by atoms with E-state index in [9.17, 15) is 9.59 Å². The highest BCUT2D eigenvalue weighted by atomic mass is 32.2. The van der Waals surface area contributed by atoms with Crippen LogP contribution in [0.5, 0.6) is 0 Å². The average Bonchev–Trinajstić information content (AvgIpc) is 2.93. The number of carbonyl (C=O) groups excluding carboxylic acids is 2. The third kappa shape index (κ3) is 4.08. The van der Waals surface area contributed by atoms with Crippen molar-refractivity contribution in [2.24, 2.45) is 5.92 Å². The number of hydrogen-bond acceptors (Lipinski definition) is 5. The number of pyridine rings is 1. The van der Waals surface area contributed by atoms with Crippen LogP contribution in [0, 0.1) is 5.92 Å². The van der Waals surface area contributed by atoms with Gasteiger partial charge in [0.25, 0.3) is 5.91 Å². The van der Waals surface area contributed by atoms with E-state index >= 15 is 0 Å². The molecule has 3 aliphatic rings. The third-order valence-corrected chi connectivity index (χ3v) is 7.79. The summed E-state index contributed by atoms with van der Waals surface area (Å²) in [6, 6.07) is 11.5. The molecule has 0 aliphatic carbocycles. The monoisotopic (exact) mass is 436 g/mol. The molecule has 7 heteroatoms. The minimum absolute atomic E-state index is 0.0368. The first kappa shape index (κ1) is 20.5. The number of piperidine rings is 2. The normalized spacial score (nSPS) is 23.2. The summed E-state index contributed by atoms with van der Waals surface area (Å²) in [5, 5.41) is 2.89. The summed E-state index contributed by atoms with van der Waals surface area (Å²) >= 11 is 1.72. The number of hydrogen-bond donors (Lipinski definition) is 1. The molecule has 4 heterocycles. The SMILES string of the molecule is O=C1Nc2cccnc2N(C(=O)CSC[C@H]2CCCN3CCCC[C@H]23)c2ccccc21. The molecule has 5 rings (SSSR count). The van der Waals surface area contributed by atoms with Gasteiger partial charge in [-0.05, 0) is 74.7 Å². The maximum atomic E-state index is 13.4. The second-order valence-electron chi connectivity index (χ2n) is 8.59. The number of benzene rings is 1. The zero-order valence-electron chi connectivity index (χ0n) is 17.6. The van der Waals surface area contributed by atoms with Crippen molar-refractivity contribution in [2.75, 3.05) is 34.8 Å². The van der Waals surface area contributed by atoms with Crippen LogP contribution < -0.4 is 10.2 Å². The van der Waals surface area contributed by atoms with E-state index in [1.807, 2.05) is 18.2 Å². The molecule has 2 amide bonds. The van der Waals surface area contributed by atoms with Crippen LogP contribution in [-0.4, -0.2) is 52.3 Å². The predicted molar refractivity (Wildman–Crippen MR) is 125 cm³/mol. The van der Waals surface area contributed by atoms with Gasteiger partial charge in [-0.2, -0.15) is 11.8 Å². The average molecular weight is 437 g/mol. The summed E-state index contributed by atoms with van der Waals surface area (Å²) in [5.74, 6) is 2.29. The lowest BCUT2D eigenvalue weighted by atomic mass is 9.85. The van der Waals surface area contributed by atoms with E-state index in [0.717, 1.165) is 5.75 Å². The summed E-state index contributed by atoms with van der Waals surface area (Å²) < 4.78 is 0. The maximum Gasteiger partial charge on any atom is 0.257 e. The summed E-state index contributed by atoms with van der Waals surface area (Å²) in [7, 11) is 0. The van der Waals surface area contributed by atoms with E-state index in [0.29, 0.717) is 40.5 Å². The van der Waals surface area contributed by atoms with Crippen LogP contribution in [0.2, 0.25) is 0 Å². The molecule has 1 aromatic carbocycles. The van der Waals surface area contributed by atoms with Crippen LogP contribution in [0.15, 0.2) is 42.6 Å². The molecule has 3 aliphatic heterocycles. The molecule has 2 atom stereocenters. The van der Waals surface area contributed by atoms with Gasteiger partial charge in [-0.3, -0.25) is 14.5 Å². The number of para-hydroxylation sites is 1. The molecule has 0 saturated carbocycles. The first-order chi connectivity index (χ1) is 15.2. The van der Waals surface area contributed by atoms with Gasteiger partial charge in [0, 0.05) is 12.2 Å². The molecular weight excluding hydrogens is 408 g/mol. The smallest absolute Gasteiger partial charge is 0.257 e. The molecule has 0 spiro atoms. The molecule has 0 bridgehead atoms. The number of rotatable bonds is 4. The van der Waals surface area contributed by atoms with Crippen LogP contribution in [0.25, 0.3) is 0 Å². The highest BCUT2D eigenvalue weighted by Gasteiger charge is 2.34. The van der Waals surface area contributed by atoms with Crippen LogP contribution in [-0.2, 0) is 4.79 Å². The Morgan fingerprint density at radius 2 is 1.97 bits per heavy atom. The number of nitrogens with one attached hydrogen (secondary N) is 1. The standard InChI is InChI=1S/C24H28N4O2S/c29-22(16-31-15-17-7-6-14-27-13-4-3-10-20(17)27)28-21-11-2-1-8-18(21)24(30)26-19-9-5-12-25-23(19)28/h1-2,5,8-9,11-12,17,20H,3-4,6-7,10,13-16H2,(H,26,30)/t17-,20-/m1/s1. The highest BCUT2D eigenvalue weighted by Crippen LogP contribution is 2.37. The van der Waals surface area contributed by atoms with Gasteiger partial charge in [0.1, 0.15) is 0 Å². The Hall–Kier alpha value is -2.38. The molecule has 1 N–H and O–H groups in total. The summed E-state index contributed by atoms with van der Waals surface area (Å²) in [5.41, 5.74) is 1.65. The lowest BCUT2D eigenvalue weighted by Crippen LogP contribution is -2.48. The fraction of sp³-hybridized carbons (Fsp3) is 0.458. The molecule has 6 nitrogen and oxygen atoms in total. The molecular formula is C24H28N4O2S. The van der Waals surface area contributed by atoms with E-state index in [-0.39, 0.29) is 11.8 Å². The number of thioether (sulfide) groups is 1. The van der Waals surface area contributed by atoms with Crippen molar-refractivity contribution < 1.29 is 9.59 Å². The van der Waals surface area contributed by atoms with Crippen molar-refractivity contribution >= 4 is 40.8 Å². The first-order valence-corrected chi connectivity index (χ1v) is 12.4. The zero-order valence-corrected chi connectivity index (χ0v) is 18.4. The largest absolute Gasteiger partial charge is 0.319 e. The highest BCUT2D eigenvalue weighted by molar-refractivity contribution is 7.99.